The molecule has 0 aromatic carbocycles. The van der Waals surface area contributed by atoms with E-state index in [0.717, 1.165) is 6.26 Å². The lowest BCUT2D eigenvalue weighted by molar-refractivity contribution is -0.149. The molecule has 0 fully saturated rings. The van der Waals surface area contributed by atoms with Crippen molar-refractivity contribution in [3.05, 3.63) is 0 Å². The third kappa shape index (κ3) is 8.11. The van der Waals surface area contributed by atoms with Gasteiger partial charge in [0.05, 0.1) is 11.8 Å². The lowest BCUT2D eigenvalue weighted by atomic mass is 10.2. The van der Waals surface area contributed by atoms with Crippen LogP contribution in [0.25, 0.3) is 0 Å². The Morgan fingerprint density at radius 1 is 1.16 bits per heavy atom. The summed E-state index contributed by atoms with van der Waals surface area (Å²) in [5.41, 5.74) is 5.44. The molecule has 0 aliphatic rings. The van der Waals surface area contributed by atoms with Crippen LogP contribution in [0.1, 0.15) is 6.42 Å². The Kier molecular flexibility index (Phi) is 6.42. The summed E-state index contributed by atoms with van der Waals surface area (Å²) < 4.78 is 21.8. The highest BCUT2D eigenvalue weighted by Gasteiger charge is 2.25. The maximum atomic E-state index is 11.7. The van der Waals surface area contributed by atoms with E-state index in [1.54, 1.807) is 0 Å². The van der Waals surface area contributed by atoms with Crippen molar-refractivity contribution >= 4 is 27.7 Å². The summed E-state index contributed by atoms with van der Waals surface area (Å²) in [5, 5.41) is 17.1. The molecule has 1 atom stereocenters. The smallest absolute Gasteiger partial charge is 0.323 e. The summed E-state index contributed by atoms with van der Waals surface area (Å²) in [4.78, 5) is 33.3. The summed E-state index contributed by atoms with van der Waals surface area (Å²) in [6, 6.07) is -1.26. The molecular weight excluding hydrogens is 280 g/mol. The zero-order chi connectivity index (χ0) is 15.2. The Hall–Kier alpha value is -1.68. The van der Waals surface area contributed by atoms with E-state index >= 15 is 0 Å². The Morgan fingerprint density at radius 2 is 1.58 bits per heavy atom. The van der Waals surface area contributed by atoms with Crippen molar-refractivity contribution in [2.45, 2.75) is 12.5 Å². The fourth-order valence-corrected chi connectivity index (χ4v) is 1.92. The summed E-state index contributed by atoms with van der Waals surface area (Å²) in [6.07, 6.45) is 0.768. The van der Waals surface area contributed by atoms with Crippen molar-refractivity contribution in [1.82, 2.24) is 4.90 Å². The molecule has 0 saturated carbocycles. The number of aliphatic carboxylic acids is 2. The molecule has 0 aromatic rings. The van der Waals surface area contributed by atoms with Gasteiger partial charge >= 0.3 is 11.9 Å². The van der Waals surface area contributed by atoms with Crippen LogP contribution in [-0.2, 0) is 24.2 Å². The number of rotatable bonds is 8. The number of carbonyl (C=O) groups excluding carboxylic acids is 1. The first-order chi connectivity index (χ1) is 8.53. The van der Waals surface area contributed by atoms with E-state index in [4.69, 9.17) is 15.9 Å². The van der Waals surface area contributed by atoms with E-state index in [1.807, 2.05) is 0 Å². The summed E-state index contributed by atoms with van der Waals surface area (Å²) in [6.45, 7) is -1.62. The molecule has 1 amide bonds. The van der Waals surface area contributed by atoms with Crippen LogP contribution >= 0.6 is 0 Å². The molecule has 4 N–H and O–H groups in total. The maximum absolute atomic E-state index is 11.7. The number of hydrogen-bond acceptors (Lipinski definition) is 6. The molecule has 19 heavy (non-hydrogen) atoms. The van der Waals surface area contributed by atoms with Crippen LogP contribution in [0.15, 0.2) is 0 Å². The predicted molar refractivity (Wildman–Crippen MR) is 64.2 cm³/mol. The van der Waals surface area contributed by atoms with E-state index in [9.17, 15) is 22.8 Å². The van der Waals surface area contributed by atoms with Gasteiger partial charge in [0.15, 0.2) is 0 Å². The fourth-order valence-electron chi connectivity index (χ4n) is 1.24. The number of carbonyl (C=O) groups is 3. The van der Waals surface area contributed by atoms with Crippen molar-refractivity contribution in [1.29, 1.82) is 0 Å². The molecule has 0 aromatic heterocycles. The molecular formula is C9H16N2O7S. The SMILES string of the molecule is CS(=O)(=O)CCC(N)C(=O)N(CC(=O)O)CC(=O)O. The van der Waals surface area contributed by atoms with Crippen LogP contribution in [-0.4, -0.2) is 72.5 Å². The molecule has 0 saturated heterocycles. The number of nitrogens with zero attached hydrogens (tertiary/aromatic N) is 1. The lowest BCUT2D eigenvalue weighted by Crippen LogP contribution is -2.48. The molecule has 10 heteroatoms. The van der Waals surface area contributed by atoms with Crippen LogP contribution in [0.4, 0.5) is 0 Å². The number of carboxylic acid groups (broad SMARTS) is 2. The fraction of sp³-hybridized carbons (Fsp3) is 0.667. The number of amides is 1. The van der Waals surface area contributed by atoms with Crippen molar-refractivity contribution in [2.75, 3.05) is 25.1 Å². The first kappa shape index (κ1) is 17.3. The first-order valence-electron chi connectivity index (χ1n) is 5.18. The molecule has 0 aliphatic carbocycles. The van der Waals surface area contributed by atoms with Crippen LogP contribution in [0.5, 0.6) is 0 Å². The molecule has 0 radical (unpaired) electrons. The van der Waals surface area contributed by atoms with E-state index < -0.39 is 46.8 Å². The molecule has 0 spiro atoms. The molecule has 0 heterocycles. The van der Waals surface area contributed by atoms with Crippen LogP contribution in [0.3, 0.4) is 0 Å². The minimum atomic E-state index is -3.31. The Labute approximate surface area is 109 Å². The Morgan fingerprint density at radius 3 is 1.89 bits per heavy atom. The number of sulfone groups is 1. The van der Waals surface area contributed by atoms with Gasteiger partial charge < -0.3 is 20.8 Å². The second-order valence-electron chi connectivity index (χ2n) is 4.01. The van der Waals surface area contributed by atoms with Crippen molar-refractivity contribution in [2.24, 2.45) is 5.73 Å². The van der Waals surface area contributed by atoms with Gasteiger partial charge in [-0.05, 0) is 6.42 Å². The second-order valence-corrected chi connectivity index (χ2v) is 6.27. The van der Waals surface area contributed by atoms with Gasteiger partial charge in [0.1, 0.15) is 22.9 Å². The van der Waals surface area contributed by atoms with Gasteiger partial charge in [0.2, 0.25) is 5.91 Å². The third-order valence-corrected chi connectivity index (χ3v) is 3.06. The second kappa shape index (κ2) is 7.04. The molecule has 0 bridgehead atoms. The summed E-state index contributed by atoms with van der Waals surface area (Å²) in [7, 11) is -3.31. The van der Waals surface area contributed by atoms with Gasteiger partial charge in [-0.2, -0.15) is 0 Å². The van der Waals surface area contributed by atoms with E-state index in [0.29, 0.717) is 4.90 Å². The standard InChI is InChI=1S/C9H16N2O7S/c1-19(17,18)3-2-6(10)9(16)11(4-7(12)13)5-8(14)15/h6H,2-5,10H2,1H3,(H,12,13)(H,14,15). The van der Waals surface area contributed by atoms with E-state index in [1.165, 1.54) is 0 Å². The zero-order valence-electron chi connectivity index (χ0n) is 10.3. The number of nitrogens with two attached hydrogens (primary N) is 1. The molecule has 0 rings (SSSR count). The molecule has 1 unspecified atom stereocenters. The monoisotopic (exact) mass is 296 g/mol. The highest BCUT2D eigenvalue weighted by Crippen LogP contribution is 2.00. The topological polar surface area (TPSA) is 155 Å². The van der Waals surface area contributed by atoms with E-state index in [2.05, 4.69) is 0 Å². The van der Waals surface area contributed by atoms with Gasteiger partial charge in [0.25, 0.3) is 0 Å². The highest BCUT2D eigenvalue weighted by molar-refractivity contribution is 7.90. The zero-order valence-corrected chi connectivity index (χ0v) is 11.1. The Bertz CT molecular complexity index is 443. The van der Waals surface area contributed by atoms with Crippen molar-refractivity contribution in [3.63, 3.8) is 0 Å². The van der Waals surface area contributed by atoms with Gasteiger partial charge in [-0.3, -0.25) is 14.4 Å². The van der Waals surface area contributed by atoms with E-state index in [-0.39, 0.29) is 12.2 Å². The summed E-state index contributed by atoms with van der Waals surface area (Å²) >= 11 is 0. The average Bonchev–Trinajstić information content (AvgIpc) is 2.21. The van der Waals surface area contributed by atoms with Gasteiger partial charge in [-0.25, -0.2) is 8.42 Å². The molecule has 0 aliphatic heterocycles. The van der Waals surface area contributed by atoms with Gasteiger partial charge in [-0.15, -0.1) is 0 Å². The summed E-state index contributed by atoms with van der Waals surface area (Å²) in [5.74, 6) is -4.02. The number of carboxylic acids is 2. The maximum Gasteiger partial charge on any atom is 0.323 e. The Balaban J connectivity index is 4.68. The van der Waals surface area contributed by atoms with Crippen LogP contribution in [0.2, 0.25) is 0 Å². The minimum absolute atomic E-state index is 0.201. The largest absolute Gasteiger partial charge is 0.480 e. The normalized spacial score (nSPS) is 12.7. The molecule has 9 nitrogen and oxygen atoms in total. The lowest BCUT2D eigenvalue weighted by Gasteiger charge is -2.22. The van der Waals surface area contributed by atoms with Crippen molar-refractivity contribution in [3.8, 4) is 0 Å². The average molecular weight is 296 g/mol. The highest BCUT2D eigenvalue weighted by atomic mass is 32.2. The molecule has 110 valence electrons. The van der Waals surface area contributed by atoms with Crippen molar-refractivity contribution < 1.29 is 33.0 Å². The van der Waals surface area contributed by atoms with Gasteiger partial charge in [-0.1, -0.05) is 0 Å². The predicted octanol–water partition coefficient (Wildman–Crippen LogP) is -2.25. The quantitative estimate of drug-likeness (QED) is 0.453. The minimum Gasteiger partial charge on any atom is -0.480 e. The third-order valence-electron chi connectivity index (χ3n) is 2.08. The van der Waals surface area contributed by atoms with Crippen LogP contribution in [0, 0.1) is 0 Å². The number of hydrogen-bond donors (Lipinski definition) is 3. The van der Waals surface area contributed by atoms with Crippen LogP contribution < -0.4 is 5.73 Å². The first-order valence-corrected chi connectivity index (χ1v) is 7.24. The van der Waals surface area contributed by atoms with Gasteiger partial charge in [0, 0.05) is 6.26 Å².